The van der Waals surface area contributed by atoms with Gasteiger partial charge >= 0.3 is 0 Å². The molecule has 6 nitrogen and oxygen atoms in total. The molecule has 0 saturated carbocycles. The molecule has 0 bridgehead atoms. The maximum absolute atomic E-state index is 12.6. The van der Waals surface area contributed by atoms with E-state index in [4.69, 9.17) is 0 Å². The first-order valence-electron chi connectivity index (χ1n) is 10.4. The molecule has 160 valence electrons. The van der Waals surface area contributed by atoms with Gasteiger partial charge in [-0.1, -0.05) is 19.9 Å². The number of aromatic amines is 1. The molecule has 1 fully saturated rings. The molecule has 3 heterocycles. The number of carbonyl (C=O) groups excluding carboxylic acids is 2. The Hall–Kier alpha value is -2.57. The van der Waals surface area contributed by atoms with Gasteiger partial charge in [0, 0.05) is 42.1 Å². The molecule has 2 aromatic rings. The van der Waals surface area contributed by atoms with Gasteiger partial charge in [0.05, 0.1) is 5.57 Å². The van der Waals surface area contributed by atoms with Gasteiger partial charge in [0.2, 0.25) is 5.91 Å². The summed E-state index contributed by atoms with van der Waals surface area (Å²) in [6.07, 6.45) is 5.50. The van der Waals surface area contributed by atoms with Crippen LogP contribution in [0.5, 0.6) is 0 Å². The fraction of sp³-hybridized carbons (Fsp3) is 0.391. The highest BCUT2D eigenvalue weighted by molar-refractivity contribution is 6.34. The quantitative estimate of drug-likeness (QED) is 0.591. The minimum atomic E-state index is -0.0874. The molecule has 0 aliphatic carbocycles. The number of hydrogen-bond donors (Lipinski definition) is 3. The zero-order valence-electron chi connectivity index (χ0n) is 17.5. The number of aromatic nitrogens is 1. The molecule has 1 aromatic carbocycles. The Balaban J connectivity index is 0.00000256. The van der Waals surface area contributed by atoms with Gasteiger partial charge in [-0.05, 0) is 61.3 Å². The van der Waals surface area contributed by atoms with E-state index in [1.165, 1.54) is 5.56 Å². The zero-order chi connectivity index (χ0) is 20.4. The molecule has 30 heavy (non-hydrogen) atoms. The van der Waals surface area contributed by atoms with Crippen molar-refractivity contribution in [2.45, 2.75) is 33.2 Å². The van der Waals surface area contributed by atoms with Crippen LogP contribution in [0.3, 0.4) is 0 Å². The van der Waals surface area contributed by atoms with Crippen LogP contribution in [0.15, 0.2) is 30.5 Å². The predicted molar refractivity (Wildman–Crippen MR) is 122 cm³/mol. The Labute approximate surface area is 183 Å². The molecule has 2 aliphatic rings. The molecule has 3 N–H and O–H groups in total. The zero-order valence-corrected chi connectivity index (χ0v) is 18.3. The van der Waals surface area contributed by atoms with Crippen LogP contribution in [0.4, 0.5) is 5.69 Å². The summed E-state index contributed by atoms with van der Waals surface area (Å²) in [5.41, 5.74) is 5.61. The summed E-state index contributed by atoms with van der Waals surface area (Å²) in [7, 11) is 0. The normalized spacial score (nSPS) is 19.0. The van der Waals surface area contributed by atoms with Gasteiger partial charge < -0.3 is 15.6 Å². The maximum atomic E-state index is 12.6. The molecule has 0 radical (unpaired) electrons. The fourth-order valence-electron chi connectivity index (χ4n) is 4.12. The second-order valence-electron chi connectivity index (χ2n) is 7.80. The smallest absolute Gasteiger partial charge is 0.256 e. The average Bonchev–Trinajstić information content (AvgIpc) is 3.41. The second-order valence-corrected chi connectivity index (χ2v) is 7.80. The number of anilines is 1. The van der Waals surface area contributed by atoms with E-state index in [0.717, 1.165) is 55.1 Å². The first kappa shape index (κ1) is 22.1. The molecule has 4 rings (SSSR count). The fourth-order valence-corrected chi connectivity index (χ4v) is 4.12. The van der Waals surface area contributed by atoms with Gasteiger partial charge in [-0.2, -0.15) is 0 Å². The van der Waals surface area contributed by atoms with Crippen molar-refractivity contribution < 1.29 is 9.59 Å². The Morgan fingerprint density at radius 1 is 1.13 bits per heavy atom. The van der Waals surface area contributed by atoms with E-state index >= 15 is 0 Å². The summed E-state index contributed by atoms with van der Waals surface area (Å²) in [6, 6.07) is 8.09. The first-order valence-corrected chi connectivity index (χ1v) is 10.4. The Bertz CT molecular complexity index is 962. The third-order valence-electron chi connectivity index (χ3n) is 5.88. The van der Waals surface area contributed by atoms with Crippen LogP contribution in [0.1, 0.15) is 42.7 Å². The number of nitrogens with zero attached hydrogens (tertiary/aromatic N) is 1. The van der Waals surface area contributed by atoms with E-state index in [0.29, 0.717) is 12.0 Å². The summed E-state index contributed by atoms with van der Waals surface area (Å²) < 4.78 is 0. The number of carbonyl (C=O) groups is 2. The monoisotopic (exact) mass is 428 g/mol. The topological polar surface area (TPSA) is 77.2 Å². The second kappa shape index (κ2) is 9.49. The number of halogens is 1. The minimum absolute atomic E-state index is 0. The molecule has 1 atom stereocenters. The van der Waals surface area contributed by atoms with Gasteiger partial charge in [-0.15, -0.1) is 12.4 Å². The Morgan fingerprint density at radius 2 is 1.93 bits per heavy atom. The summed E-state index contributed by atoms with van der Waals surface area (Å²) in [4.78, 5) is 30.1. The lowest BCUT2D eigenvalue weighted by molar-refractivity contribution is -0.122. The Morgan fingerprint density at radius 3 is 2.63 bits per heavy atom. The molecule has 2 aliphatic heterocycles. The third-order valence-corrected chi connectivity index (χ3v) is 5.88. The maximum Gasteiger partial charge on any atom is 0.256 e. The van der Waals surface area contributed by atoms with E-state index in [9.17, 15) is 9.59 Å². The van der Waals surface area contributed by atoms with Crippen molar-refractivity contribution >= 4 is 41.6 Å². The van der Waals surface area contributed by atoms with E-state index in [1.54, 1.807) is 0 Å². The van der Waals surface area contributed by atoms with Gasteiger partial charge in [0.1, 0.15) is 0 Å². The minimum Gasteiger partial charge on any atom is -0.361 e. The highest BCUT2D eigenvalue weighted by atomic mass is 35.5. The van der Waals surface area contributed by atoms with Crippen molar-refractivity contribution in [3.63, 3.8) is 0 Å². The highest BCUT2D eigenvalue weighted by Crippen LogP contribution is 2.34. The molecular formula is C23H29ClN4O2. The molecular weight excluding hydrogens is 400 g/mol. The summed E-state index contributed by atoms with van der Waals surface area (Å²) in [5, 5.41) is 5.84. The van der Waals surface area contributed by atoms with Gasteiger partial charge in [0.25, 0.3) is 5.91 Å². The largest absolute Gasteiger partial charge is 0.361 e. The number of hydrogen-bond acceptors (Lipinski definition) is 3. The SMILES string of the molecule is CCN(CC)Cc1c[nH]c(C=C2C(=O)Nc3ccc(CC4CCNC4=O)cc32)c1.Cl. The summed E-state index contributed by atoms with van der Waals surface area (Å²) in [5.74, 6) is 0.0646. The van der Waals surface area contributed by atoms with Crippen molar-refractivity contribution in [1.82, 2.24) is 15.2 Å². The van der Waals surface area contributed by atoms with Crippen LogP contribution >= 0.6 is 12.4 Å². The van der Waals surface area contributed by atoms with Gasteiger partial charge in [-0.25, -0.2) is 0 Å². The van der Waals surface area contributed by atoms with Crippen LogP contribution in [0, 0.1) is 5.92 Å². The van der Waals surface area contributed by atoms with E-state index in [2.05, 4.69) is 40.4 Å². The highest BCUT2D eigenvalue weighted by Gasteiger charge is 2.27. The van der Waals surface area contributed by atoms with Crippen molar-refractivity contribution in [3.05, 3.63) is 52.8 Å². The molecule has 7 heteroatoms. The molecule has 0 spiro atoms. The molecule has 1 aromatic heterocycles. The molecule has 1 saturated heterocycles. The number of rotatable bonds is 7. The summed E-state index contributed by atoms with van der Waals surface area (Å²) >= 11 is 0. The standard InChI is InChI=1S/C23H28N4O2.ClH/c1-3-27(4-2)14-16-10-18(25-13-16)12-20-19-11-15(5-6-21(19)26-23(20)29)9-17-7-8-24-22(17)28;/h5-6,10-13,17,25H,3-4,7-9,14H2,1-2H3,(H,24,28)(H,26,29);1H. The van der Waals surface area contributed by atoms with Crippen molar-refractivity contribution in [3.8, 4) is 0 Å². The number of H-pyrrole nitrogens is 1. The van der Waals surface area contributed by atoms with Crippen molar-refractivity contribution in [2.75, 3.05) is 25.0 Å². The Kier molecular flexibility index (Phi) is 7.00. The number of amides is 2. The first-order chi connectivity index (χ1) is 14.1. The van der Waals surface area contributed by atoms with Crippen LogP contribution in [0.2, 0.25) is 0 Å². The van der Waals surface area contributed by atoms with Gasteiger partial charge in [0.15, 0.2) is 0 Å². The van der Waals surface area contributed by atoms with Crippen molar-refractivity contribution in [2.24, 2.45) is 5.92 Å². The number of nitrogens with one attached hydrogen (secondary N) is 3. The average molecular weight is 429 g/mol. The lowest BCUT2D eigenvalue weighted by Gasteiger charge is -2.16. The molecule has 1 unspecified atom stereocenters. The van der Waals surface area contributed by atoms with Crippen LogP contribution in [-0.4, -0.2) is 41.3 Å². The van der Waals surface area contributed by atoms with Crippen LogP contribution in [-0.2, 0) is 22.6 Å². The van der Waals surface area contributed by atoms with Crippen LogP contribution < -0.4 is 10.6 Å². The molecule has 2 amide bonds. The van der Waals surface area contributed by atoms with E-state index in [-0.39, 0.29) is 30.1 Å². The van der Waals surface area contributed by atoms with E-state index < -0.39 is 0 Å². The predicted octanol–water partition coefficient (Wildman–Crippen LogP) is 3.45. The van der Waals surface area contributed by atoms with E-state index in [1.807, 2.05) is 30.5 Å². The van der Waals surface area contributed by atoms with Crippen LogP contribution in [0.25, 0.3) is 11.6 Å². The van der Waals surface area contributed by atoms with Gasteiger partial charge in [-0.3, -0.25) is 14.5 Å². The van der Waals surface area contributed by atoms with Crippen molar-refractivity contribution in [1.29, 1.82) is 0 Å². The third kappa shape index (κ3) is 4.60. The summed E-state index contributed by atoms with van der Waals surface area (Å²) in [6.45, 7) is 7.98. The lowest BCUT2D eigenvalue weighted by Crippen LogP contribution is -2.21. The number of fused-ring (bicyclic) bond motifs is 1. The number of benzene rings is 1. The lowest BCUT2D eigenvalue weighted by atomic mass is 9.95.